The monoisotopic (exact) mass is 753 g/mol. The minimum Gasteiger partial charge on any atom is -0.449 e. The highest BCUT2D eigenvalue weighted by Gasteiger charge is 2.62. The van der Waals surface area contributed by atoms with Gasteiger partial charge in [0.15, 0.2) is 0 Å². The second-order valence-electron chi connectivity index (χ2n) is 16.9. The molecule has 6 rings (SSSR count). The number of amides is 5. The predicted molar refractivity (Wildman–Crippen MR) is 195 cm³/mol. The average Bonchev–Trinajstić information content (AvgIpc) is 4.02. The number of nitrogens with zero attached hydrogens (tertiary/aromatic N) is 2. The number of benzene rings is 1. The van der Waals surface area contributed by atoms with E-state index in [1.807, 2.05) is 44.2 Å². The van der Waals surface area contributed by atoms with Crippen LogP contribution in [0.15, 0.2) is 36.9 Å². The van der Waals surface area contributed by atoms with Crippen LogP contribution in [0.4, 0.5) is 9.59 Å². The molecule has 1 aromatic rings. The number of rotatable bonds is 6. The van der Waals surface area contributed by atoms with E-state index in [-0.39, 0.29) is 26.0 Å². The fraction of sp³-hybridized carbons (Fsp3) is 0.605. The first-order chi connectivity index (χ1) is 24.8. The van der Waals surface area contributed by atoms with E-state index in [1.165, 1.54) is 11.0 Å². The van der Waals surface area contributed by atoms with Crippen LogP contribution in [-0.2, 0) is 46.8 Å². The minimum absolute atomic E-state index is 0.0686. The first kappa shape index (κ1) is 38.3. The summed E-state index contributed by atoms with van der Waals surface area (Å²) in [6, 6.07) is 3.65. The quantitative estimate of drug-likeness (QED) is 0.367. The van der Waals surface area contributed by atoms with E-state index in [0.717, 1.165) is 16.7 Å². The number of carbonyl (C=O) groups is 5. The molecule has 5 amide bonds. The van der Waals surface area contributed by atoms with Gasteiger partial charge in [0, 0.05) is 30.8 Å². The van der Waals surface area contributed by atoms with E-state index in [4.69, 9.17) is 9.47 Å². The van der Waals surface area contributed by atoms with Crippen LogP contribution in [0.2, 0.25) is 0 Å². The largest absolute Gasteiger partial charge is 0.449 e. The third kappa shape index (κ3) is 8.24. The molecule has 3 fully saturated rings. The number of nitrogens with one attached hydrogen (secondary N) is 3. The van der Waals surface area contributed by atoms with Gasteiger partial charge in [0.1, 0.15) is 23.7 Å². The SMILES string of the molecule is C=C[C@@H]1C[C@]1(NC(=O)[C@@H]1C[C@@H]2CN1C(=O)[C@H](C(C)(C)C)NC(=O)OCC(C)(C)C/C=C/c1cccc3c1CN(CC3)C(=O)O2)C(=O)NS(=O)(=O)C1CC1. The molecule has 2 aliphatic carbocycles. The zero-order valence-corrected chi connectivity index (χ0v) is 31.9. The standard InChI is InChI=1S/C38H51N5O9S/c1-7-25-19-38(25,33(46)41-53(49,50)27-13-14-27)40-31(44)29-18-26-20-43(29)32(45)30(36(2,3)4)39-34(47)51-22-37(5,6)16-9-12-23-10-8-11-24-15-17-42(21-28(23)24)35(48)52-26/h7-12,25-27,29-30H,1,13-22H2,2-6H3,(H,39,47)(H,40,44)(H,41,46)/b12-9+/t25-,26-,29+,30-,38-/m1/s1. The lowest BCUT2D eigenvalue weighted by atomic mass is 9.85. The van der Waals surface area contributed by atoms with Crippen molar-refractivity contribution in [3.8, 4) is 0 Å². The maximum atomic E-state index is 14.5. The average molecular weight is 754 g/mol. The smallest absolute Gasteiger partial charge is 0.410 e. The van der Waals surface area contributed by atoms with Crippen molar-refractivity contribution in [2.45, 2.75) is 109 Å². The van der Waals surface area contributed by atoms with Crippen molar-refractivity contribution in [2.24, 2.45) is 16.7 Å². The summed E-state index contributed by atoms with van der Waals surface area (Å²) in [5.41, 5.74) is 0.227. The van der Waals surface area contributed by atoms with E-state index < -0.39 is 85.7 Å². The van der Waals surface area contributed by atoms with Gasteiger partial charge >= 0.3 is 12.2 Å². The molecular formula is C38H51N5O9S. The Kier molecular flexibility index (Phi) is 10.2. The van der Waals surface area contributed by atoms with Gasteiger partial charge in [-0.1, -0.05) is 71.0 Å². The molecule has 14 nitrogen and oxygen atoms in total. The fourth-order valence-corrected chi connectivity index (χ4v) is 8.69. The third-order valence-corrected chi connectivity index (χ3v) is 12.7. The molecule has 3 N–H and O–H groups in total. The van der Waals surface area contributed by atoms with Crippen LogP contribution in [-0.4, -0.2) is 96.8 Å². The highest BCUT2D eigenvalue weighted by molar-refractivity contribution is 7.91. The third-order valence-electron chi connectivity index (χ3n) is 10.9. The topological polar surface area (TPSA) is 181 Å². The molecule has 5 atom stereocenters. The lowest BCUT2D eigenvalue weighted by molar-refractivity contribution is -0.143. The molecule has 2 saturated carbocycles. The van der Waals surface area contributed by atoms with E-state index in [1.54, 1.807) is 25.7 Å². The highest BCUT2D eigenvalue weighted by atomic mass is 32.2. The summed E-state index contributed by atoms with van der Waals surface area (Å²) in [4.78, 5) is 72.0. The van der Waals surface area contributed by atoms with Gasteiger partial charge in [-0.2, -0.15) is 0 Å². The van der Waals surface area contributed by atoms with E-state index >= 15 is 0 Å². The number of alkyl carbamates (subject to hydrolysis) is 1. The van der Waals surface area contributed by atoms with Gasteiger partial charge in [0.05, 0.1) is 18.4 Å². The van der Waals surface area contributed by atoms with Crippen molar-refractivity contribution >= 4 is 46.0 Å². The Labute approximate surface area is 311 Å². The summed E-state index contributed by atoms with van der Waals surface area (Å²) < 4.78 is 39.1. The van der Waals surface area contributed by atoms with Gasteiger partial charge < -0.3 is 29.9 Å². The van der Waals surface area contributed by atoms with Crippen LogP contribution in [0.25, 0.3) is 6.08 Å². The molecule has 4 bridgehead atoms. The normalized spacial score (nSPS) is 29.6. The minimum atomic E-state index is -3.91. The number of hydrogen-bond acceptors (Lipinski definition) is 9. The molecule has 5 aliphatic rings. The van der Waals surface area contributed by atoms with E-state index in [9.17, 15) is 32.4 Å². The van der Waals surface area contributed by atoms with Crippen LogP contribution in [0, 0.1) is 16.7 Å². The van der Waals surface area contributed by atoms with Crippen molar-refractivity contribution in [1.82, 2.24) is 25.2 Å². The lowest BCUT2D eigenvalue weighted by Gasteiger charge is -2.35. The van der Waals surface area contributed by atoms with Crippen molar-refractivity contribution in [2.75, 3.05) is 19.7 Å². The number of carbonyl (C=O) groups excluding carboxylic acids is 5. The number of cyclic esters (lactones) is 1. The Morgan fingerprint density at radius 3 is 2.53 bits per heavy atom. The van der Waals surface area contributed by atoms with Crippen molar-refractivity contribution in [3.05, 3.63) is 53.6 Å². The molecule has 0 spiro atoms. The number of fused-ring (bicyclic) bond motifs is 3. The van der Waals surface area contributed by atoms with Crippen LogP contribution in [0.1, 0.15) is 83.4 Å². The molecule has 53 heavy (non-hydrogen) atoms. The highest BCUT2D eigenvalue weighted by Crippen LogP contribution is 2.45. The Morgan fingerprint density at radius 2 is 1.87 bits per heavy atom. The molecule has 0 unspecified atom stereocenters. The number of hydrogen-bond donors (Lipinski definition) is 3. The Balaban J connectivity index is 1.30. The molecule has 3 aliphatic heterocycles. The Morgan fingerprint density at radius 1 is 1.13 bits per heavy atom. The maximum Gasteiger partial charge on any atom is 0.410 e. The van der Waals surface area contributed by atoms with Crippen molar-refractivity contribution in [1.29, 1.82) is 0 Å². The summed E-state index contributed by atoms with van der Waals surface area (Å²) in [5.74, 6) is -2.73. The van der Waals surface area contributed by atoms with Gasteiger partial charge in [-0.05, 0) is 54.2 Å². The fourth-order valence-electron chi connectivity index (χ4n) is 7.33. The molecule has 0 aromatic heterocycles. The van der Waals surface area contributed by atoms with Crippen molar-refractivity contribution in [3.63, 3.8) is 0 Å². The molecule has 3 heterocycles. The zero-order chi connectivity index (χ0) is 38.5. The lowest BCUT2D eigenvalue weighted by Crippen LogP contribution is -2.60. The summed E-state index contributed by atoms with van der Waals surface area (Å²) >= 11 is 0. The summed E-state index contributed by atoms with van der Waals surface area (Å²) in [6.07, 6.45) is 5.37. The zero-order valence-electron chi connectivity index (χ0n) is 31.1. The van der Waals surface area contributed by atoms with Gasteiger partial charge in [-0.25, -0.2) is 18.0 Å². The van der Waals surface area contributed by atoms with Crippen molar-refractivity contribution < 1.29 is 41.9 Å². The Bertz CT molecular complexity index is 1830. The van der Waals surface area contributed by atoms with Gasteiger partial charge in [-0.15, -0.1) is 6.58 Å². The van der Waals surface area contributed by atoms with Gasteiger partial charge in [0.25, 0.3) is 5.91 Å². The number of allylic oxidation sites excluding steroid dienone is 1. The second-order valence-corrected chi connectivity index (χ2v) is 18.8. The van der Waals surface area contributed by atoms with E-state index in [0.29, 0.717) is 38.8 Å². The number of sulfonamides is 1. The second kappa shape index (κ2) is 14.1. The first-order valence-corrected chi connectivity index (χ1v) is 19.9. The summed E-state index contributed by atoms with van der Waals surface area (Å²) in [5, 5.41) is 4.82. The predicted octanol–water partition coefficient (Wildman–Crippen LogP) is 3.40. The maximum absolute atomic E-state index is 14.5. The molecular weight excluding hydrogens is 703 g/mol. The molecule has 288 valence electrons. The van der Waals surface area contributed by atoms with Crippen LogP contribution < -0.4 is 15.4 Å². The molecule has 15 heteroatoms. The Hall–Kier alpha value is -4.40. The van der Waals surface area contributed by atoms with Crippen LogP contribution in [0.5, 0.6) is 0 Å². The van der Waals surface area contributed by atoms with Crippen LogP contribution in [0.3, 0.4) is 0 Å². The van der Waals surface area contributed by atoms with E-state index in [2.05, 4.69) is 21.9 Å². The summed E-state index contributed by atoms with van der Waals surface area (Å²) in [7, 11) is -3.91. The van der Waals surface area contributed by atoms with Gasteiger partial charge in [0.2, 0.25) is 21.8 Å². The van der Waals surface area contributed by atoms with Gasteiger partial charge in [-0.3, -0.25) is 19.1 Å². The summed E-state index contributed by atoms with van der Waals surface area (Å²) in [6.45, 7) is 13.6. The molecule has 0 radical (unpaired) electrons. The molecule has 1 aromatic carbocycles. The number of ether oxygens (including phenoxy) is 2. The van der Waals surface area contributed by atoms with Crippen LogP contribution >= 0.6 is 0 Å². The molecule has 1 saturated heterocycles. The first-order valence-electron chi connectivity index (χ1n) is 18.3.